The zero-order chi connectivity index (χ0) is 19.9. The van der Waals surface area contributed by atoms with E-state index < -0.39 is 5.41 Å². The molecule has 0 atom stereocenters. The summed E-state index contributed by atoms with van der Waals surface area (Å²) in [4.78, 5) is 17.2. The van der Waals surface area contributed by atoms with E-state index in [1.165, 1.54) is 16.4 Å². The maximum Gasteiger partial charge on any atom is 0.230 e. The number of benzene rings is 1. The molecule has 0 aliphatic heterocycles. The third-order valence-corrected chi connectivity index (χ3v) is 4.46. The topological polar surface area (TPSA) is 83.6 Å². The Hall–Kier alpha value is -3.20. The summed E-state index contributed by atoms with van der Waals surface area (Å²) in [5, 5.41) is 17.7. The number of hydrogen-bond acceptors (Lipinski definition) is 4. The van der Waals surface area contributed by atoms with Crippen LogP contribution in [0.25, 0.3) is 16.7 Å². The Morgan fingerprint density at radius 1 is 1.15 bits per heavy atom. The molecule has 3 aromatic rings. The van der Waals surface area contributed by atoms with Crippen LogP contribution in [0, 0.1) is 37.5 Å². The molecule has 0 saturated carbocycles. The molecule has 6 heteroatoms. The lowest BCUT2D eigenvalue weighted by molar-refractivity contribution is -0.123. The van der Waals surface area contributed by atoms with Crippen LogP contribution in [0.5, 0.6) is 0 Å². The Balaban J connectivity index is 2.19. The number of pyridine rings is 1. The summed E-state index contributed by atoms with van der Waals surface area (Å²) in [5.74, 6) is 0.719. The van der Waals surface area contributed by atoms with E-state index in [-0.39, 0.29) is 5.91 Å². The second kappa shape index (κ2) is 6.51. The van der Waals surface area contributed by atoms with E-state index in [1.807, 2.05) is 40.7 Å². The van der Waals surface area contributed by atoms with Gasteiger partial charge in [-0.15, -0.1) is 0 Å². The molecule has 0 saturated heterocycles. The minimum atomic E-state index is -0.595. The van der Waals surface area contributed by atoms with Crippen LogP contribution >= 0.6 is 0 Å². The minimum absolute atomic E-state index is 0.190. The van der Waals surface area contributed by atoms with Crippen molar-refractivity contribution in [3.63, 3.8) is 0 Å². The van der Waals surface area contributed by atoms with Gasteiger partial charge >= 0.3 is 0 Å². The Morgan fingerprint density at radius 2 is 1.85 bits per heavy atom. The van der Waals surface area contributed by atoms with Crippen molar-refractivity contribution in [1.82, 2.24) is 14.8 Å². The van der Waals surface area contributed by atoms with Crippen LogP contribution in [0.2, 0.25) is 0 Å². The Morgan fingerprint density at radius 3 is 2.48 bits per heavy atom. The zero-order valence-electron chi connectivity index (χ0n) is 16.5. The first kappa shape index (κ1) is 18.6. The van der Waals surface area contributed by atoms with Gasteiger partial charge in [0.1, 0.15) is 11.6 Å². The standard InChI is InChI=1S/C21H23N5O/c1-12-7-14(3)18-16(8-12)13(2)9-17(24-18)26-19(15(10-22)11-23-26)25-20(27)21(4,5)6/h7-9,11H,1-6H3,(H,25,27). The molecule has 138 valence electrons. The van der Waals surface area contributed by atoms with E-state index in [4.69, 9.17) is 4.98 Å². The SMILES string of the molecule is Cc1cc(C)c2nc(-n3ncc(C#N)c3NC(=O)C(C)(C)C)cc(C)c2c1. The smallest absolute Gasteiger partial charge is 0.230 e. The second-order valence-electron chi connectivity index (χ2n) is 7.91. The number of amides is 1. The highest BCUT2D eigenvalue weighted by Crippen LogP contribution is 2.27. The third kappa shape index (κ3) is 3.41. The Bertz CT molecular complexity index is 1100. The maximum atomic E-state index is 12.5. The fourth-order valence-corrected chi connectivity index (χ4v) is 2.95. The fourth-order valence-electron chi connectivity index (χ4n) is 2.95. The van der Waals surface area contributed by atoms with Crippen LogP contribution in [0.3, 0.4) is 0 Å². The van der Waals surface area contributed by atoms with E-state index in [2.05, 4.69) is 35.5 Å². The van der Waals surface area contributed by atoms with Crippen molar-refractivity contribution in [1.29, 1.82) is 5.26 Å². The number of aromatic nitrogens is 3. The summed E-state index contributed by atoms with van der Waals surface area (Å²) in [6.07, 6.45) is 1.45. The van der Waals surface area contributed by atoms with Crippen molar-refractivity contribution in [2.45, 2.75) is 41.5 Å². The van der Waals surface area contributed by atoms with E-state index in [9.17, 15) is 10.1 Å². The second-order valence-corrected chi connectivity index (χ2v) is 7.91. The molecule has 3 rings (SSSR count). The van der Waals surface area contributed by atoms with Gasteiger partial charge in [-0.3, -0.25) is 4.79 Å². The summed E-state index contributed by atoms with van der Waals surface area (Å²) >= 11 is 0. The molecule has 0 aliphatic carbocycles. The van der Waals surface area contributed by atoms with Crippen LogP contribution < -0.4 is 5.32 Å². The van der Waals surface area contributed by atoms with Gasteiger partial charge in [-0.2, -0.15) is 15.0 Å². The minimum Gasteiger partial charge on any atom is -0.309 e. The largest absolute Gasteiger partial charge is 0.309 e. The van der Waals surface area contributed by atoms with Crippen molar-refractivity contribution in [2.75, 3.05) is 5.32 Å². The van der Waals surface area contributed by atoms with Crippen molar-refractivity contribution in [3.8, 4) is 11.9 Å². The number of anilines is 1. The van der Waals surface area contributed by atoms with Gasteiger partial charge in [0.25, 0.3) is 0 Å². The number of nitrogens with one attached hydrogen (secondary N) is 1. The summed E-state index contributed by atoms with van der Waals surface area (Å²) in [6, 6.07) is 8.21. The predicted octanol–water partition coefficient (Wildman–Crippen LogP) is 4.20. The lowest BCUT2D eigenvalue weighted by Crippen LogP contribution is -2.29. The molecular weight excluding hydrogens is 338 g/mol. The number of hydrogen-bond donors (Lipinski definition) is 1. The fraction of sp³-hybridized carbons (Fsp3) is 0.333. The number of carbonyl (C=O) groups is 1. The van der Waals surface area contributed by atoms with Gasteiger partial charge in [0.05, 0.1) is 11.7 Å². The maximum absolute atomic E-state index is 12.5. The molecule has 0 spiro atoms. The van der Waals surface area contributed by atoms with Crippen LogP contribution in [0.4, 0.5) is 5.82 Å². The van der Waals surface area contributed by atoms with Gasteiger partial charge < -0.3 is 5.32 Å². The molecule has 0 bridgehead atoms. The van der Waals surface area contributed by atoms with Crippen LogP contribution in [0.1, 0.15) is 43.0 Å². The number of aryl methyl sites for hydroxylation is 3. The number of nitriles is 1. The lowest BCUT2D eigenvalue weighted by atomic mass is 9.96. The van der Waals surface area contributed by atoms with Gasteiger partial charge in [-0.05, 0) is 44.0 Å². The predicted molar refractivity (Wildman–Crippen MR) is 106 cm³/mol. The van der Waals surface area contributed by atoms with Crippen LogP contribution in [-0.4, -0.2) is 20.7 Å². The molecule has 0 aliphatic rings. The zero-order valence-corrected chi connectivity index (χ0v) is 16.5. The molecule has 1 amide bonds. The number of nitrogens with zero attached hydrogens (tertiary/aromatic N) is 4. The normalized spacial score (nSPS) is 11.4. The highest BCUT2D eigenvalue weighted by molar-refractivity contribution is 5.95. The molecule has 1 aromatic carbocycles. The van der Waals surface area contributed by atoms with Crippen molar-refractivity contribution < 1.29 is 4.79 Å². The summed E-state index contributed by atoms with van der Waals surface area (Å²) < 4.78 is 1.52. The average molecular weight is 361 g/mol. The Kier molecular flexibility index (Phi) is 4.48. The highest BCUT2D eigenvalue weighted by Gasteiger charge is 2.25. The first-order chi connectivity index (χ1) is 12.6. The monoisotopic (exact) mass is 361 g/mol. The van der Waals surface area contributed by atoms with Crippen molar-refractivity contribution in [2.24, 2.45) is 5.41 Å². The number of carbonyl (C=O) groups excluding carboxylic acids is 1. The van der Waals surface area contributed by atoms with Gasteiger partial charge in [0, 0.05) is 10.8 Å². The molecule has 27 heavy (non-hydrogen) atoms. The summed E-state index contributed by atoms with van der Waals surface area (Å²) in [5.41, 5.74) is 3.90. The molecule has 0 fully saturated rings. The van der Waals surface area contributed by atoms with Gasteiger partial charge in [-0.1, -0.05) is 32.4 Å². The van der Waals surface area contributed by atoms with Crippen molar-refractivity contribution >= 4 is 22.6 Å². The van der Waals surface area contributed by atoms with Crippen LogP contribution in [-0.2, 0) is 4.79 Å². The van der Waals surface area contributed by atoms with Crippen LogP contribution in [0.15, 0.2) is 24.4 Å². The summed E-state index contributed by atoms with van der Waals surface area (Å²) in [7, 11) is 0. The van der Waals surface area contributed by atoms with Crippen molar-refractivity contribution in [3.05, 3.63) is 46.6 Å². The molecule has 2 heterocycles. The molecule has 1 N–H and O–H groups in total. The highest BCUT2D eigenvalue weighted by atomic mass is 16.2. The third-order valence-electron chi connectivity index (χ3n) is 4.46. The van der Waals surface area contributed by atoms with Gasteiger partial charge in [-0.25, -0.2) is 4.98 Å². The lowest BCUT2D eigenvalue weighted by Gasteiger charge is -2.18. The Labute approximate surface area is 158 Å². The molecule has 0 radical (unpaired) electrons. The van der Waals surface area contributed by atoms with E-state index >= 15 is 0 Å². The molecule has 6 nitrogen and oxygen atoms in total. The van der Waals surface area contributed by atoms with Gasteiger partial charge in [0.2, 0.25) is 5.91 Å². The first-order valence-corrected chi connectivity index (χ1v) is 8.80. The first-order valence-electron chi connectivity index (χ1n) is 8.80. The van der Waals surface area contributed by atoms with E-state index in [0.29, 0.717) is 17.2 Å². The number of rotatable bonds is 2. The number of fused-ring (bicyclic) bond motifs is 1. The van der Waals surface area contributed by atoms with E-state index in [0.717, 1.165) is 22.0 Å². The average Bonchev–Trinajstić information content (AvgIpc) is 2.97. The molecule has 2 aromatic heterocycles. The molecular formula is C21H23N5O. The van der Waals surface area contributed by atoms with Gasteiger partial charge in [0.15, 0.2) is 11.6 Å². The summed E-state index contributed by atoms with van der Waals surface area (Å²) in [6.45, 7) is 11.6. The quantitative estimate of drug-likeness (QED) is 0.741. The molecule has 0 unspecified atom stereocenters. The van der Waals surface area contributed by atoms with E-state index in [1.54, 1.807) is 0 Å².